The molecule has 0 unspecified atom stereocenters. The highest BCUT2D eigenvalue weighted by Crippen LogP contribution is 2.23. The minimum Gasteiger partial charge on any atom is -0.246 e. The van der Waals surface area contributed by atoms with E-state index in [0.29, 0.717) is 6.42 Å². The van der Waals surface area contributed by atoms with Gasteiger partial charge in [0.2, 0.25) is 9.84 Å². The van der Waals surface area contributed by atoms with Gasteiger partial charge in [-0.1, -0.05) is 17.7 Å². The summed E-state index contributed by atoms with van der Waals surface area (Å²) in [6, 6.07) is 3.74. The molecule has 2 heterocycles. The van der Waals surface area contributed by atoms with E-state index in [1.807, 2.05) is 17.5 Å². The van der Waals surface area contributed by atoms with E-state index in [1.165, 1.54) is 17.5 Å². The molecule has 0 fully saturated rings. The first-order chi connectivity index (χ1) is 6.60. The Labute approximate surface area is 90.7 Å². The van der Waals surface area contributed by atoms with Crippen molar-refractivity contribution < 1.29 is 8.42 Å². The van der Waals surface area contributed by atoms with Crippen molar-refractivity contribution in [1.82, 2.24) is 0 Å². The fourth-order valence-electron chi connectivity index (χ4n) is 1.08. The van der Waals surface area contributed by atoms with Gasteiger partial charge < -0.3 is 0 Å². The summed E-state index contributed by atoms with van der Waals surface area (Å²) in [7, 11) is -3.46. The average molecular weight is 248 g/mol. The lowest BCUT2D eigenvalue weighted by Gasteiger charge is -1.98. The second-order valence-electron chi connectivity index (χ2n) is 2.72. The SMILES string of the molecule is O=S1(=O)C(Cl)=CN=C1Cc1cccs1. The van der Waals surface area contributed by atoms with Crippen molar-refractivity contribution in [2.45, 2.75) is 6.42 Å². The van der Waals surface area contributed by atoms with E-state index in [9.17, 15) is 8.42 Å². The van der Waals surface area contributed by atoms with Gasteiger partial charge in [0.1, 0.15) is 5.04 Å². The van der Waals surface area contributed by atoms with Crippen LogP contribution in [0.2, 0.25) is 0 Å². The van der Waals surface area contributed by atoms with E-state index in [2.05, 4.69) is 4.99 Å². The first-order valence-corrected chi connectivity index (χ1v) is 6.54. The molecule has 1 aromatic heterocycles. The van der Waals surface area contributed by atoms with E-state index in [-0.39, 0.29) is 9.41 Å². The summed E-state index contributed by atoms with van der Waals surface area (Å²) in [6.45, 7) is 0. The molecule has 0 atom stereocenters. The van der Waals surface area contributed by atoms with E-state index in [0.717, 1.165) is 4.88 Å². The second-order valence-corrected chi connectivity index (χ2v) is 6.30. The minimum absolute atomic E-state index is 0.130. The molecule has 0 radical (unpaired) electrons. The highest BCUT2D eigenvalue weighted by Gasteiger charge is 2.28. The summed E-state index contributed by atoms with van der Waals surface area (Å²) in [5.74, 6) is 0. The molecule has 0 N–H and O–H groups in total. The van der Waals surface area contributed by atoms with Crippen molar-refractivity contribution in [3.8, 4) is 0 Å². The topological polar surface area (TPSA) is 46.5 Å². The number of hydrogen-bond donors (Lipinski definition) is 0. The summed E-state index contributed by atoms with van der Waals surface area (Å²) in [5.41, 5.74) is 0. The maximum Gasteiger partial charge on any atom is 0.232 e. The summed E-state index contributed by atoms with van der Waals surface area (Å²) in [4.78, 5) is 4.75. The van der Waals surface area contributed by atoms with Crippen LogP contribution in [0, 0.1) is 0 Å². The van der Waals surface area contributed by atoms with Crippen LogP contribution >= 0.6 is 22.9 Å². The van der Waals surface area contributed by atoms with Crippen LogP contribution in [0.5, 0.6) is 0 Å². The molecule has 0 aliphatic carbocycles. The van der Waals surface area contributed by atoms with E-state index < -0.39 is 9.84 Å². The van der Waals surface area contributed by atoms with Gasteiger partial charge in [0.05, 0.1) is 6.20 Å². The third kappa shape index (κ3) is 1.63. The fraction of sp³-hybridized carbons (Fsp3) is 0.125. The Morgan fingerprint density at radius 1 is 1.50 bits per heavy atom. The molecule has 74 valence electrons. The normalized spacial score (nSPS) is 19.2. The predicted octanol–water partition coefficient (Wildman–Crippen LogP) is 2.16. The van der Waals surface area contributed by atoms with Crippen molar-refractivity contribution in [2.24, 2.45) is 4.99 Å². The molecule has 1 aliphatic heterocycles. The highest BCUT2D eigenvalue weighted by atomic mass is 35.5. The maximum absolute atomic E-state index is 11.5. The molecule has 6 heteroatoms. The van der Waals surface area contributed by atoms with Crippen molar-refractivity contribution in [3.05, 3.63) is 33.0 Å². The van der Waals surface area contributed by atoms with Crippen LogP contribution in [-0.2, 0) is 16.3 Å². The van der Waals surface area contributed by atoms with Crippen molar-refractivity contribution >= 4 is 37.8 Å². The van der Waals surface area contributed by atoms with Crippen LogP contribution in [0.3, 0.4) is 0 Å². The van der Waals surface area contributed by atoms with Gasteiger partial charge in [0, 0.05) is 11.3 Å². The van der Waals surface area contributed by atoms with E-state index >= 15 is 0 Å². The second kappa shape index (κ2) is 3.49. The molecular formula is C8H6ClNO2S2. The summed E-state index contributed by atoms with van der Waals surface area (Å²) >= 11 is 7.00. The third-order valence-corrected chi connectivity index (χ3v) is 4.85. The molecule has 0 bridgehead atoms. The predicted molar refractivity (Wildman–Crippen MR) is 58.3 cm³/mol. The Morgan fingerprint density at radius 3 is 2.79 bits per heavy atom. The zero-order valence-corrected chi connectivity index (χ0v) is 9.36. The van der Waals surface area contributed by atoms with Crippen LogP contribution in [0.4, 0.5) is 0 Å². The lowest BCUT2D eigenvalue weighted by Crippen LogP contribution is -2.13. The average Bonchev–Trinajstić information content (AvgIpc) is 2.70. The molecule has 0 saturated carbocycles. The molecule has 0 aromatic carbocycles. The van der Waals surface area contributed by atoms with Gasteiger partial charge in [-0.25, -0.2) is 13.4 Å². The largest absolute Gasteiger partial charge is 0.246 e. The van der Waals surface area contributed by atoms with Crippen LogP contribution in [0.25, 0.3) is 0 Å². The van der Waals surface area contributed by atoms with Crippen LogP contribution in [0.1, 0.15) is 4.88 Å². The lowest BCUT2D eigenvalue weighted by atomic mass is 10.4. The summed E-state index contributed by atoms with van der Waals surface area (Å²) in [6.07, 6.45) is 1.51. The van der Waals surface area contributed by atoms with Crippen LogP contribution < -0.4 is 0 Å². The zero-order chi connectivity index (χ0) is 10.2. The fourth-order valence-corrected chi connectivity index (χ4v) is 3.15. The molecule has 2 rings (SSSR count). The Kier molecular flexibility index (Phi) is 2.47. The lowest BCUT2D eigenvalue weighted by molar-refractivity contribution is 0.614. The first kappa shape index (κ1) is 9.89. The molecule has 0 amide bonds. The van der Waals surface area contributed by atoms with Gasteiger partial charge in [-0.2, -0.15) is 0 Å². The van der Waals surface area contributed by atoms with Gasteiger partial charge in [0.15, 0.2) is 4.36 Å². The first-order valence-electron chi connectivity index (χ1n) is 3.80. The molecule has 3 nitrogen and oxygen atoms in total. The number of nitrogens with zero attached hydrogens (tertiary/aromatic N) is 1. The van der Waals surface area contributed by atoms with Crippen molar-refractivity contribution in [3.63, 3.8) is 0 Å². The quantitative estimate of drug-likeness (QED) is 0.804. The number of hydrogen-bond acceptors (Lipinski definition) is 4. The number of rotatable bonds is 2. The van der Waals surface area contributed by atoms with Gasteiger partial charge in [0.25, 0.3) is 0 Å². The zero-order valence-electron chi connectivity index (χ0n) is 6.97. The van der Waals surface area contributed by atoms with E-state index in [4.69, 9.17) is 11.6 Å². The highest BCUT2D eigenvalue weighted by molar-refractivity contribution is 8.11. The van der Waals surface area contributed by atoms with Crippen LogP contribution in [0.15, 0.2) is 33.1 Å². The molecule has 0 saturated heterocycles. The summed E-state index contributed by atoms with van der Waals surface area (Å²) in [5, 5.41) is 2.02. The molecular weight excluding hydrogens is 242 g/mol. The third-order valence-electron chi connectivity index (χ3n) is 1.78. The maximum atomic E-state index is 11.5. The van der Waals surface area contributed by atoms with Gasteiger partial charge in [-0.05, 0) is 11.4 Å². The standard InChI is InChI=1S/C8H6ClNO2S2/c9-7-5-10-8(14(7,11)12)4-6-2-1-3-13-6/h1-3,5H,4H2. The number of sulfone groups is 1. The number of aliphatic imine (C=N–C) groups is 1. The van der Waals surface area contributed by atoms with Gasteiger partial charge in [-0.15, -0.1) is 11.3 Å². The molecule has 1 aliphatic rings. The Balaban J connectivity index is 2.25. The summed E-state index contributed by atoms with van der Waals surface area (Å²) < 4.78 is 22.8. The molecule has 0 spiro atoms. The van der Waals surface area contributed by atoms with Crippen LogP contribution in [-0.4, -0.2) is 13.5 Å². The number of halogens is 1. The van der Waals surface area contributed by atoms with Crippen molar-refractivity contribution in [1.29, 1.82) is 0 Å². The van der Waals surface area contributed by atoms with Gasteiger partial charge >= 0.3 is 0 Å². The number of thiophene rings is 1. The molecule has 14 heavy (non-hydrogen) atoms. The molecule has 1 aromatic rings. The Hall–Kier alpha value is -0.650. The van der Waals surface area contributed by atoms with Crippen molar-refractivity contribution in [2.75, 3.05) is 0 Å². The monoisotopic (exact) mass is 247 g/mol. The van der Waals surface area contributed by atoms with E-state index in [1.54, 1.807) is 0 Å². The Bertz CT molecular complexity index is 499. The Morgan fingerprint density at radius 2 is 2.29 bits per heavy atom. The smallest absolute Gasteiger partial charge is 0.232 e. The minimum atomic E-state index is -3.46. The van der Waals surface area contributed by atoms with Gasteiger partial charge in [-0.3, -0.25) is 0 Å².